The summed E-state index contributed by atoms with van der Waals surface area (Å²) in [7, 11) is 0. The summed E-state index contributed by atoms with van der Waals surface area (Å²) in [5, 5.41) is 21.2. The van der Waals surface area contributed by atoms with Gasteiger partial charge in [0.15, 0.2) is 0 Å². The third-order valence-corrected chi connectivity index (χ3v) is 2.75. The molecule has 2 rings (SSSR count). The Morgan fingerprint density at radius 1 is 1.25 bits per heavy atom. The standard InChI is InChI=1S/C13H13F3N2O2/c14-13(15,16)12-5-11(17-6-8(20)7-19)9-3-1-2-4-10(9)18-12/h1-5,8,19-20H,6-7H2,(H,17,18)/t8-/m1/s1. The fraction of sp³-hybridized carbons (Fsp3) is 0.308. The average molecular weight is 286 g/mol. The highest BCUT2D eigenvalue weighted by Gasteiger charge is 2.33. The van der Waals surface area contributed by atoms with E-state index in [1.807, 2.05) is 0 Å². The first kappa shape index (κ1) is 14.5. The molecule has 0 amide bonds. The number of nitrogens with zero attached hydrogens (tertiary/aromatic N) is 1. The molecule has 0 saturated carbocycles. The zero-order chi connectivity index (χ0) is 14.8. The van der Waals surface area contributed by atoms with E-state index in [1.165, 1.54) is 6.07 Å². The van der Waals surface area contributed by atoms with Crippen molar-refractivity contribution >= 4 is 16.6 Å². The van der Waals surface area contributed by atoms with Gasteiger partial charge in [-0.15, -0.1) is 0 Å². The second-order valence-corrected chi connectivity index (χ2v) is 4.29. The molecule has 0 unspecified atom stereocenters. The predicted molar refractivity (Wildman–Crippen MR) is 68.3 cm³/mol. The van der Waals surface area contributed by atoms with Gasteiger partial charge in [0.1, 0.15) is 5.69 Å². The molecule has 3 N–H and O–H groups in total. The van der Waals surface area contributed by atoms with E-state index in [2.05, 4.69) is 10.3 Å². The predicted octanol–water partition coefficient (Wildman–Crippen LogP) is 2.02. The molecule has 1 aromatic carbocycles. The van der Waals surface area contributed by atoms with E-state index in [9.17, 15) is 18.3 Å². The normalized spacial score (nSPS) is 13.4. The molecule has 0 aliphatic rings. The number of aliphatic hydroxyl groups is 2. The highest BCUT2D eigenvalue weighted by molar-refractivity contribution is 5.91. The summed E-state index contributed by atoms with van der Waals surface area (Å²) in [6.07, 6.45) is -5.59. The second kappa shape index (κ2) is 5.64. The Morgan fingerprint density at radius 2 is 1.95 bits per heavy atom. The largest absolute Gasteiger partial charge is 0.433 e. The minimum atomic E-state index is -4.55. The van der Waals surface area contributed by atoms with E-state index < -0.39 is 24.6 Å². The summed E-state index contributed by atoms with van der Waals surface area (Å²) in [5.41, 5.74) is -0.573. The smallest absolute Gasteiger partial charge is 0.394 e. The van der Waals surface area contributed by atoms with E-state index in [0.717, 1.165) is 6.07 Å². The Labute approximate surface area is 112 Å². The number of hydrogen-bond acceptors (Lipinski definition) is 4. The van der Waals surface area contributed by atoms with E-state index in [0.29, 0.717) is 5.39 Å². The van der Waals surface area contributed by atoms with Crippen molar-refractivity contribution in [3.63, 3.8) is 0 Å². The van der Waals surface area contributed by atoms with E-state index in [1.54, 1.807) is 18.2 Å². The number of rotatable bonds is 4. The van der Waals surface area contributed by atoms with Gasteiger partial charge in [0, 0.05) is 17.6 Å². The SMILES string of the molecule is OC[C@H](O)CNc1cc(C(F)(F)F)nc2ccccc12. The van der Waals surface area contributed by atoms with Gasteiger partial charge < -0.3 is 15.5 Å². The topological polar surface area (TPSA) is 65.4 Å². The molecule has 1 aromatic heterocycles. The van der Waals surface area contributed by atoms with Gasteiger partial charge in [-0.2, -0.15) is 13.2 Å². The average Bonchev–Trinajstić information content (AvgIpc) is 2.43. The maximum absolute atomic E-state index is 12.8. The zero-order valence-corrected chi connectivity index (χ0v) is 10.4. The Kier molecular flexibility index (Phi) is 4.10. The number of fused-ring (bicyclic) bond motifs is 1. The molecule has 2 aromatic rings. The van der Waals surface area contributed by atoms with Crippen LogP contribution in [0.3, 0.4) is 0 Å². The fourth-order valence-corrected chi connectivity index (χ4v) is 1.76. The number of anilines is 1. The Morgan fingerprint density at radius 3 is 2.60 bits per heavy atom. The number of pyridine rings is 1. The fourth-order valence-electron chi connectivity index (χ4n) is 1.76. The molecule has 0 fully saturated rings. The minimum Gasteiger partial charge on any atom is -0.394 e. The number of nitrogens with one attached hydrogen (secondary N) is 1. The Balaban J connectivity index is 2.44. The van der Waals surface area contributed by atoms with Crippen molar-refractivity contribution in [3.8, 4) is 0 Å². The lowest BCUT2D eigenvalue weighted by molar-refractivity contribution is -0.140. The van der Waals surface area contributed by atoms with E-state index in [4.69, 9.17) is 5.11 Å². The summed E-state index contributed by atoms with van der Waals surface area (Å²) < 4.78 is 38.3. The molecular weight excluding hydrogens is 273 g/mol. The number of benzene rings is 1. The molecule has 0 aliphatic heterocycles. The van der Waals surface area contributed by atoms with Crippen molar-refractivity contribution < 1.29 is 23.4 Å². The van der Waals surface area contributed by atoms with Crippen LogP contribution in [0, 0.1) is 0 Å². The quantitative estimate of drug-likeness (QED) is 0.804. The molecule has 0 radical (unpaired) electrons. The minimum absolute atomic E-state index is 0.0538. The summed E-state index contributed by atoms with van der Waals surface area (Å²) in [6, 6.07) is 7.30. The van der Waals surface area contributed by atoms with Crippen molar-refractivity contribution in [3.05, 3.63) is 36.0 Å². The first-order chi connectivity index (χ1) is 9.41. The number of aromatic nitrogens is 1. The van der Waals surface area contributed by atoms with Gasteiger partial charge in [-0.3, -0.25) is 0 Å². The van der Waals surface area contributed by atoms with Gasteiger partial charge in [0.25, 0.3) is 0 Å². The second-order valence-electron chi connectivity index (χ2n) is 4.29. The highest BCUT2D eigenvalue weighted by Crippen LogP contribution is 2.32. The van der Waals surface area contributed by atoms with Crippen molar-refractivity contribution in [1.82, 2.24) is 4.98 Å². The van der Waals surface area contributed by atoms with Crippen LogP contribution >= 0.6 is 0 Å². The number of alkyl halides is 3. The summed E-state index contributed by atoms with van der Waals surface area (Å²) in [4.78, 5) is 3.58. The molecule has 108 valence electrons. The lowest BCUT2D eigenvalue weighted by atomic mass is 10.1. The van der Waals surface area contributed by atoms with Crippen LogP contribution in [0.25, 0.3) is 10.9 Å². The van der Waals surface area contributed by atoms with Gasteiger partial charge in [0.2, 0.25) is 0 Å². The lowest BCUT2D eigenvalue weighted by Gasteiger charge is -2.15. The molecule has 7 heteroatoms. The molecule has 20 heavy (non-hydrogen) atoms. The van der Waals surface area contributed by atoms with Crippen LogP contribution in [-0.2, 0) is 6.18 Å². The number of halogens is 3. The third kappa shape index (κ3) is 3.17. The van der Waals surface area contributed by atoms with Crippen LogP contribution in [0.5, 0.6) is 0 Å². The Bertz CT molecular complexity index is 602. The van der Waals surface area contributed by atoms with Gasteiger partial charge in [-0.05, 0) is 12.1 Å². The molecule has 0 aliphatic carbocycles. The van der Waals surface area contributed by atoms with Crippen LogP contribution in [0.4, 0.5) is 18.9 Å². The summed E-state index contributed by atoms with van der Waals surface area (Å²) in [6.45, 7) is -0.524. The van der Waals surface area contributed by atoms with Gasteiger partial charge >= 0.3 is 6.18 Å². The maximum Gasteiger partial charge on any atom is 0.433 e. The molecule has 1 atom stereocenters. The molecule has 0 bridgehead atoms. The first-order valence-electron chi connectivity index (χ1n) is 5.91. The van der Waals surface area contributed by atoms with Crippen molar-refractivity contribution in [2.75, 3.05) is 18.5 Å². The van der Waals surface area contributed by atoms with Crippen LogP contribution in [-0.4, -0.2) is 34.5 Å². The maximum atomic E-state index is 12.8. The number of aliphatic hydroxyl groups excluding tert-OH is 2. The van der Waals surface area contributed by atoms with Crippen LogP contribution in [0.15, 0.2) is 30.3 Å². The first-order valence-corrected chi connectivity index (χ1v) is 5.91. The number of para-hydroxylation sites is 1. The number of hydrogen-bond donors (Lipinski definition) is 3. The molecule has 4 nitrogen and oxygen atoms in total. The van der Waals surface area contributed by atoms with Gasteiger partial charge in [-0.1, -0.05) is 18.2 Å². The molecule has 1 heterocycles. The third-order valence-electron chi connectivity index (χ3n) is 2.75. The lowest BCUT2D eigenvalue weighted by Crippen LogP contribution is -2.23. The van der Waals surface area contributed by atoms with Crippen molar-refractivity contribution in [2.24, 2.45) is 0 Å². The zero-order valence-electron chi connectivity index (χ0n) is 10.4. The molecular formula is C13H13F3N2O2. The van der Waals surface area contributed by atoms with Gasteiger partial charge in [-0.25, -0.2) is 4.98 Å². The van der Waals surface area contributed by atoms with Crippen LogP contribution in [0.1, 0.15) is 5.69 Å². The van der Waals surface area contributed by atoms with Crippen molar-refractivity contribution in [1.29, 1.82) is 0 Å². The summed E-state index contributed by atoms with van der Waals surface area (Å²) >= 11 is 0. The van der Waals surface area contributed by atoms with Crippen LogP contribution < -0.4 is 5.32 Å². The molecule has 0 saturated heterocycles. The molecule has 0 spiro atoms. The highest BCUT2D eigenvalue weighted by atomic mass is 19.4. The van der Waals surface area contributed by atoms with Gasteiger partial charge in [0.05, 0.1) is 18.2 Å². The van der Waals surface area contributed by atoms with Crippen molar-refractivity contribution in [2.45, 2.75) is 12.3 Å². The monoisotopic (exact) mass is 286 g/mol. The Hall–Kier alpha value is -1.86. The summed E-state index contributed by atoms with van der Waals surface area (Å²) in [5.74, 6) is 0. The van der Waals surface area contributed by atoms with Crippen LogP contribution in [0.2, 0.25) is 0 Å². The van der Waals surface area contributed by atoms with E-state index >= 15 is 0 Å². The van der Waals surface area contributed by atoms with E-state index in [-0.39, 0.29) is 17.7 Å².